The number of rotatable bonds is 8. The maximum Gasteiger partial charge on any atom is 0.0725 e. The second-order valence-electron chi connectivity index (χ2n) is 24.8. The molecule has 0 unspecified atom stereocenters. The van der Waals surface area contributed by atoms with E-state index in [2.05, 4.69) is 330 Å². The Morgan fingerprint density at radius 1 is 0.289 bits per heavy atom. The third-order valence-electron chi connectivity index (χ3n) is 18.0. The van der Waals surface area contributed by atoms with E-state index < -0.39 is 5.41 Å². The zero-order valence-electron chi connectivity index (χ0n) is 48.0. The van der Waals surface area contributed by atoms with Gasteiger partial charge in [-0.25, -0.2) is 0 Å². The fraction of sp³-hybridized carbons (Fsp3) is 0.111. The number of hydrogen-bond acceptors (Lipinski definition) is 1. The lowest BCUT2D eigenvalue weighted by atomic mass is 9.68. The summed E-state index contributed by atoms with van der Waals surface area (Å²) >= 11 is 0. The molecule has 0 atom stereocenters. The van der Waals surface area contributed by atoms with Crippen LogP contribution in [-0.4, -0.2) is 4.57 Å². The largest absolute Gasteiger partial charge is 0.308 e. The van der Waals surface area contributed by atoms with Gasteiger partial charge in [0.05, 0.1) is 33.5 Å². The highest BCUT2D eigenvalue weighted by molar-refractivity contribution is 6.10. The molecule has 15 rings (SSSR count). The molecule has 0 radical (unpaired) electrons. The van der Waals surface area contributed by atoms with Crippen LogP contribution in [0.5, 0.6) is 0 Å². The second kappa shape index (κ2) is 19.2. The van der Waals surface area contributed by atoms with Gasteiger partial charge in [0.15, 0.2) is 0 Å². The predicted molar refractivity (Wildman–Crippen MR) is 351 cm³/mol. The van der Waals surface area contributed by atoms with Crippen LogP contribution in [0.4, 0.5) is 17.1 Å². The van der Waals surface area contributed by atoms with Crippen LogP contribution in [-0.2, 0) is 16.2 Å². The highest BCUT2D eigenvalue weighted by Gasteiger charge is 2.52. The van der Waals surface area contributed by atoms with Crippen molar-refractivity contribution in [3.63, 3.8) is 0 Å². The van der Waals surface area contributed by atoms with Gasteiger partial charge in [-0.2, -0.15) is 0 Å². The fourth-order valence-electron chi connectivity index (χ4n) is 14.0. The number of fused-ring (bicyclic) bond motifs is 13. The summed E-state index contributed by atoms with van der Waals surface area (Å²) in [6, 6.07) is 105. The maximum atomic E-state index is 2.55. The lowest BCUT2D eigenvalue weighted by molar-refractivity contribution is 0.586. The molecule has 0 bridgehead atoms. The van der Waals surface area contributed by atoms with E-state index in [1.807, 2.05) is 0 Å². The summed E-state index contributed by atoms with van der Waals surface area (Å²) in [5, 5.41) is 2.46. The van der Waals surface area contributed by atoms with E-state index in [9.17, 15) is 0 Å². The van der Waals surface area contributed by atoms with Crippen molar-refractivity contribution in [1.82, 2.24) is 4.57 Å². The van der Waals surface area contributed by atoms with Gasteiger partial charge < -0.3 is 9.47 Å². The lowest BCUT2D eigenvalue weighted by Crippen LogP contribution is -2.27. The second-order valence-corrected chi connectivity index (χ2v) is 24.8. The minimum atomic E-state index is -0.496. The molecule has 0 N–H and O–H groups in total. The summed E-state index contributed by atoms with van der Waals surface area (Å²) in [4.78, 5) is 2.50. The first-order chi connectivity index (χ1) is 40.5. The summed E-state index contributed by atoms with van der Waals surface area (Å²) in [7, 11) is 0. The molecule has 0 saturated heterocycles. The zero-order valence-corrected chi connectivity index (χ0v) is 48.0. The summed E-state index contributed by atoms with van der Waals surface area (Å²) in [6.07, 6.45) is 0. The lowest BCUT2D eigenvalue weighted by Gasteiger charge is -2.33. The van der Waals surface area contributed by atoms with Crippen LogP contribution >= 0.6 is 0 Å². The van der Waals surface area contributed by atoms with Crippen LogP contribution in [0, 0.1) is 0 Å². The first-order valence-corrected chi connectivity index (χ1v) is 29.3. The SMILES string of the molecule is CC(C)(C)c1ccc2c(c1)C1(c3ccccc3-c3ccc(-c4ccc(N(c5ccccc5-c5ccccc5-c5ccccc5-c5ccccc5)c5ccccc5-n5c6ccccc6c6ccccc65)cc4)cc31)c1cc(C(C)(C)C)ccc1-2. The molecule has 0 amide bonds. The molecule has 2 aliphatic rings. The Hall–Kier alpha value is -9.76. The summed E-state index contributed by atoms with van der Waals surface area (Å²) in [6.45, 7) is 14.0. The highest BCUT2D eigenvalue weighted by Crippen LogP contribution is 2.64. The van der Waals surface area contributed by atoms with E-state index in [1.54, 1.807) is 0 Å². The van der Waals surface area contributed by atoms with Crippen molar-refractivity contribution in [1.29, 1.82) is 0 Å². The average Bonchev–Trinajstić information content (AvgIpc) is 1.67. The van der Waals surface area contributed by atoms with Crippen molar-refractivity contribution in [3.05, 3.63) is 312 Å². The van der Waals surface area contributed by atoms with Crippen molar-refractivity contribution in [2.45, 2.75) is 57.8 Å². The van der Waals surface area contributed by atoms with Crippen molar-refractivity contribution in [2.24, 2.45) is 0 Å². The molecule has 2 nitrogen and oxygen atoms in total. The van der Waals surface area contributed by atoms with Gasteiger partial charge in [-0.15, -0.1) is 0 Å². The van der Waals surface area contributed by atoms with E-state index in [4.69, 9.17) is 0 Å². The molecule has 2 heteroatoms. The molecule has 2 aliphatic carbocycles. The van der Waals surface area contributed by atoms with E-state index in [-0.39, 0.29) is 10.8 Å². The number of anilines is 3. The number of nitrogens with zero attached hydrogens (tertiary/aromatic N) is 2. The molecule has 0 fully saturated rings. The van der Waals surface area contributed by atoms with Crippen LogP contribution in [0.15, 0.2) is 279 Å². The molecular weight excluding hydrogens is 1000 g/mol. The Morgan fingerprint density at radius 2 is 0.711 bits per heavy atom. The smallest absolute Gasteiger partial charge is 0.0725 e. The Kier molecular flexibility index (Phi) is 11.6. The Balaban J connectivity index is 0.932. The van der Waals surface area contributed by atoms with E-state index in [0.717, 1.165) is 33.9 Å². The Bertz CT molecular complexity index is 4580. The molecule has 1 spiro atoms. The standard InChI is InChI=1S/C81H64N2/c1-79(2,3)56-43-48-65-66-49-44-57(80(4,5)6)52-73(66)81(72(65)51-56)70-34-18-14-30-63(70)64-47-42-55(50-71(64)81)53-40-45-58(46-41-53)82(77-38-22-23-39-78(77)83-75-36-20-16-32-68(75)69-33-17-21-37-76(69)83)74-35-19-15-31-67(74)62-29-13-12-28-61(62)60-27-11-10-26-59(60)54-24-8-7-9-25-54/h7-52H,1-6H3. The van der Waals surface area contributed by atoms with Crippen LogP contribution < -0.4 is 4.90 Å². The zero-order chi connectivity index (χ0) is 56.2. The third-order valence-corrected chi connectivity index (χ3v) is 18.0. The molecule has 12 aromatic carbocycles. The summed E-state index contributed by atoms with van der Waals surface area (Å²) < 4.78 is 2.46. The first kappa shape index (κ1) is 50.2. The molecule has 1 heterocycles. The summed E-state index contributed by atoms with van der Waals surface area (Å²) in [5.41, 5.74) is 29.0. The van der Waals surface area contributed by atoms with Gasteiger partial charge in [-0.3, -0.25) is 0 Å². The third kappa shape index (κ3) is 7.91. The first-order valence-electron chi connectivity index (χ1n) is 29.3. The quantitative estimate of drug-likeness (QED) is 0.147. The normalized spacial score (nSPS) is 13.0. The monoisotopic (exact) mass is 1060 g/mol. The van der Waals surface area contributed by atoms with Crippen LogP contribution in [0.1, 0.15) is 74.9 Å². The molecule has 13 aromatic rings. The van der Waals surface area contributed by atoms with Crippen molar-refractivity contribution >= 4 is 38.9 Å². The Labute approximate surface area is 488 Å². The summed E-state index contributed by atoms with van der Waals surface area (Å²) in [5.74, 6) is 0. The van der Waals surface area contributed by atoms with E-state index in [0.29, 0.717) is 0 Å². The van der Waals surface area contributed by atoms with E-state index in [1.165, 1.54) is 111 Å². The van der Waals surface area contributed by atoms with Gasteiger partial charge in [0.2, 0.25) is 0 Å². The molecule has 398 valence electrons. The van der Waals surface area contributed by atoms with Gasteiger partial charge in [-0.05, 0) is 154 Å². The van der Waals surface area contributed by atoms with Gasteiger partial charge in [0, 0.05) is 22.0 Å². The van der Waals surface area contributed by atoms with Gasteiger partial charge in [0.25, 0.3) is 0 Å². The topological polar surface area (TPSA) is 8.17 Å². The van der Waals surface area contributed by atoms with Gasteiger partial charge in [0.1, 0.15) is 0 Å². The molecule has 0 saturated carbocycles. The minimum absolute atomic E-state index is 0.0261. The minimum Gasteiger partial charge on any atom is -0.308 e. The van der Waals surface area contributed by atoms with Crippen LogP contribution in [0.2, 0.25) is 0 Å². The molecule has 0 aliphatic heterocycles. The number of aromatic nitrogens is 1. The van der Waals surface area contributed by atoms with Crippen molar-refractivity contribution < 1.29 is 0 Å². The van der Waals surface area contributed by atoms with Crippen LogP contribution in [0.3, 0.4) is 0 Å². The van der Waals surface area contributed by atoms with E-state index >= 15 is 0 Å². The molecule has 83 heavy (non-hydrogen) atoms. The Morgan fingerprint density at radius 3 is 1.31 bits per heavy atom. The van der Waals surface area contributed by atoms with Crippen molar-refractivity contribution in [2.75, 3.05) is 4.90 Å². The predicted octanol–water partition coefficient (Wildman–Crippen LogP) is 21.9. The fourth-order valence-corrected chi connectivity index (χ4v) is 14.0. The number of benzene rings is 12. The number of para-hydroxylation sites is 5. The number of hydrogen-bond donors (Lipinski definition) is 0. The average molecular weight is 1070 g/mol. The van der Waals surface area contributed by atoms with Gasteiger partial charge >= 0.3 is 0 Å². The molecular formula is C81H64N2. The molecule has 1 aromatic heterocycles. The maximum absolute atomic E-state index is 2.55. The van der Waals surface area contributed by atoms with Gasteiger partial charge in [-0.1, -0.05) is 272 Å². The van der Waals surface area contributed by atoms with Crippen LogP contribution in [0.25, 0.3) is 94.3 Å². The highest BCUT2D eigenvalue weighted by atomic mass is 15.2. The van der Waals surface area contributed by atoms with Crippen molar-refractivity contribution in [3.8, 4) is 72.4 Å².